The molecule has 0 unspecified atom stereocenters. The van der Waals surface area contributed by atoms with Crippen molar-refractivity contribution < 1.29 is 8.78 Å². The Morgan fingerprint density at radius 3 is 2.62 bits per heavy atom. The first-order valence-electron chi connectivity index (χ1n) is 5.14. The number of anilines is 2. The molecule has 90 valence electrons. The normalized spacial score (nSPS) is 10.8. The van der Waals surface area contributed by atoms with E-state index in [0.29, 0.717) is 6.54 Å². The second kappa shape index (κ2) is 5.65. The molecular weight excluding hydrogens is 212 g/mol. The summed E-state index contributed by atoms with van der Waals surface area (Å²) in [6, 6.07) is 2.38. The third-order valence-corrected chi connectivity index (χ3v) is 2.21. The molecule has 1 aromatic rings. The average molecular weight is 229 g/mol. The maximum atomic E-state index is 13.3. The lowest BCUT2D eigenvalue weighted by molar-refractivity contribution is 0.405. The molecule has 0 saturated heterocycles. The minimum Gasteiger partial charge on any atom is -0.397 e. The molecule has 1 rings (SSSR count). The summed E-state index contributed by atoms with van der Waals surface area (Å²) in [6.45, 7) is 1.44. The Morgan fingerprint density at radius 1 is 1.31 bits per heavy atom. The lowest BCUT2D eigenvalue weighted by Crippen LogP contribution is -2.17. The number of hydrogen-bond acceptors (Lipinski definition) is 3. The second-order valence-electron chi connectivity index (χ2n) is 3.91. The maximum Gasteiger partial charge on any atom is 0.183 e. The molecule has 0 aromatic heterocycles. The van der Waals surface area contributed by atoms with Crippen LogP contribution in [-0.2, 0) is 0 Å². The van der Waals surface area contributed by atoms with Crippen LogP contribution in [0, 0.1) is 11.6 Å². The van der Waals surface area contributed by atoms with Crippen LogP contribution in [0.25, 0.3) is 0 Å². The van der Waals surface area contributed by atoms with E-state index >= 15 is 0 Å². The molecule has 5 heteroatoms. The van der Waals surface area contributed by atoms with Crippen LogP contribution in [0.3, 0.4) is 0 Å². The van der Waals surface area contributed by atoms with Gasteiger partial charge in [-0.3, -0.25) is 0 Å². The van der Waals surface area contributed by atoms with Gasteiger partial charge < -0.3 is 16.0 Å². The molecule has 3 N–H and O–H groups in total. The van der Waals surface area contributed by atoms with Crippen molar-refractivity contribution in [3.63, 3.8) is 0 Å². The largest absolute Gasteiger partial charge is 0.397 e. The molecule has 0 atom stereocenters. The summed E-state index contributed by atoms with van der Waals surface area (Å²) in [7, 11) is 3.91. The number of hydrogen-bond donors (Lipinski definition) is 2. The van der Waals surface area contributed by atoms with Gasteiger partial charge in [0.1, 0.15) is 0 Å². The zero-order chi connectivity index (χ0) is 12.1. The Hall–Kier alpha value is -1.36. The van der Waals surface area contributed by atoms with Crippen molar-refractivity contribution in [3.8, 4) is 0 Å². The van der Waals surface area contributed by atoms with Crippen LogP contribution in [0.2, 0.25) is 0 Å². The van der Waals surface area contributed by atoms with Crippen molar-refractivity contribution in [1.82, 2.24) is 4.90 Å². The smallest absolute Gasteiger partial charge is 0.183 e. The number of nitrogens with two attached hydrogens (primary N) is 1. The molecule has 3 nitrogen and oxygen atoms in total. The Morgan fingerprint density at radius 2 is 2.00 bits per heavy atom. The summed E-state index contributed by atoms with van der Waals surface area (Å²) >= 11 is 0. The SMILES string of the molecule is CN(C)CCCNc1c(N)ccc(F)c1F. The molecule has 0 fully saturated rings. The van der Waals surface area contributed by atoms with Gasteiger partial charge in [-0.15, -0.1) is 0 Å². The summed E-state index contributed by atoms with van der Waals surface area (Å²) in [4.78, 5) is 2.02. The van der Waals surface area contributed by atoms with E-state index < -0.39 is 11.6 Å². The fourth-order valence-electron chi connectivity index (χ4n) is 1.35. The topological polar surface area (TPSA) is 41.3 Å². The van der Waals surface area contributed by atoms with Gasteiger partial charge in [0.25, 0.3) is 0 Å². The van der Waals surface area contributed by atoms with Crippen LogP contribution in [0.15, 0.2) is 12.1 Å². The number of nitrogens with one attached hydrogen (secondary N) is 1. The van der Waals surface area contributed by atoms with E-state index in [1.54, 1.807) is 0 Å². The molecule has 0 bridgehead atoms. The van der Waals surface area contributed by atoms with E-state index in [9.17, 15) is 8.78 Å². The van der Waals surface area contributed by atoms with Crippen molar-refractivity contribution in [3.05, 3.63) is 23.8 Å². The van der Waals surface area contributed by atoms with E-state index in [2.05, 4.69) is 5.32 Å². The number of rotatable bonds is 5. The average Bonchev–Trinajstić information content (AvgIpc) is 2.22. The first kappa shape index (κ1) is 12.7. The van der Waals surface area contributed by atoms with Crippen LogP contribution in [0.5, 0.6) is 0 Å². The predicted octanol–water partition coefficient (Wildman–Crippen LogP) is 1.91. The van der Waals surface area contributed by atoms with Crippen LogP contribution in [0.1, 0.15) is 6.42 Å². The minimum absolute atomic E-state index is 0.0544. The fourth-order valence-corrected chi connectivity index (χ4v) is 1.35. The summed E-state index contributed by atoms with van der Waals surface area (Å²) in [5.41, 5.74) is 5.83. The van der Waals surface area contributed by atoms with Gasteiger partial charge in [-0.25, -0.2) is 8.78 Å². The maximum absolute atomic E-state index is 13.3. The highest BCUT2D eigenvalue weighted by molar-refractivity contribution is 5.66. The van der Waals surface area contributed by atoms with Gasteiger partial charge in [-0.2, -0.15) is 0 Å². The zero-order valence-electron chi connectivity index (χ0n) is 9.56. The first-order valence-corrected chi connectivity index (χ1v) is 5.14. The number of benzene rings is 1. The molecule has 0 amide bonds. The molecule has 0 heterocycles. The van der Waals surface area contributed by atoms with E-state index in [-0.39, 0.29) is 11.4 Å². The van der Waals surface area contributed by atoms with Crippen molar-refractivity contribution >= 4 is 11.4 Å². The molecule has 0 saturated carbocycles. The summed E-state index contributed by atoms with van der Waals surface area (Å²) < 4.78 is 26.2. The first-order chi connectivity index (χ1) is 7.52. The Bertz CT molecular complexity index is 353. The minimum atomic E-state index is -0.912. The summed E-state index contributed by atoms with van der Waals surface area (Å²) in [5, 5.41) is 2.81. The van der Waals surface area contributed by atoms with Crippen molar-refractivity contribution in [2.45, 2.75) is 6.42 Å². The second-order valence-corrected chi connectivity index (χ2v) is 3.91. The molecule has 0 aliphatic carbocycles. The zero-order valence-corrected chi connectivity index (χ0v) is 9.56. The van der Waals surface area contributed by atoms with Gasteiger partial charge in [-0.1, -0.05) is 0 Å². The van der Waals surface area contributed by atoms with Crippen LogP contribution in [-0.4, -0.2) is 32.1 Å². The number of nitrogens with zero attached hydrogens (tertiary/aromatic N) is 1. The lowest BCUT2D eigenvalue weighted by atomic mass is 10.2. The van der Waals surface area contributed by atoms with Gasteiger partial charge in [0.05, 0.1) is 11.4 Å². The summed E-state index contributed by atoms with van der Waals surface area (Å²) in [6.07, 6.45) is 0.836. The van der Waals surface area contributed by atoms with E-state index in [4.69, 9.17) is 5.73 Å². The van der Waals surface area contributed by atoms with Crippen molar-refractivity contribution in [2.24, 2.45) is 0 Å². The van der Waals surface area contributed by atoms with Crippen molar-refractivity contribution in [2.75, 3.05) is 38.2 Å². The molecule has 0 radical (unpaired) electrons. The van der Waals surface area contributed by atoms with Crippen LogP contribution in [0.4, 0.5) is 20.2 Å². The Labute approximate surface area is 94.2 Å². The highest BCUT2D eigenvalue weighted by atomic mass is 19.2. The van der Waals surface area contributed by atoms with Crippen LogP contribution < -0.4 is 11.1 Å². The number of halogens is 2. The monoisotopic (exact) mass is 229 g/mol. The van der Waals surface area contributed by atoms with Gasteiger partial charge in [0.15, 0.2) is 11.6 Å². The Balaban J connectivity index is 2.56. The standard InChI is InChI=1S/C11H17F2N3/c1-16(2)7-3-6-15-11-9(14)5-4-8(12)10(11)13/h4-5,15H,3,6-7,14H2,1-2H3. The fraction of sp³-hybridized carbons (Fsp3) is 0.455. The van der Waals surface area contributed by atoms with Crippen molar-refractivity contribution in [1.29, 1.82) is 0 Å². The predicted molar refractivity (Wildman–Crippen MR) is 62.4 cm³/mol. The molecule has 0 spiro atoms. The summed E-state index contributed by atoms with van der Waals surface area (Å²) in [5.74, 6) is -1.80. The third-order valence-electron chi connectivity index (χ3n) is 2.21. The molecule has 0 aliphatic heterocycles. The quantitative estimate of drug-likeness (QED) is 0.598. The highest BCUT2D eigenvalue weighted by Crippen LogP contribution is 2.24. The number of nitrogen functional groups attached to an aromatic ring is 1. The third kappa shape index (κ3) is 3.34. The van der Waals surface area contributed by atoms with Crippen LogP contribution >= 0.6 is 0 Å². The van der Waals surface area contributed by atoms with E-state index in [0.717, 1.165) is 19.0 Å². The molecule has 16 heavy (non-hydrogen) atoms. The molecule has 1 aromatic carbocycles. The molecule has 0 aliphatic rings. The van der Waals surface area contributed by atoms with Gasteiger partial charge in [0.2, 0.25) is 0 Å². The molecular formula is C11H17F2N3. The van der Waals surface area contributed by atoms with Gasteiger partial charge in [0, 0.05) is 6.54 Å². The van der Waals surface area contributed by atoms with E-state index in [1.807, 2.05) is 19.0 Å². The van der Waals surface area contributed by atoms with E-state index in [1.165, 1.54) is 6.07 Å². The Kier molecular flexibility index (Phi) is 4.49. The highest BCUT2D eigenvalue weighted by Gasteiger charge is 2.10. The lowest BCUT2D eigenvalue weighted by Gasteiger charge is -2.12. The van der Waals surface area contributed by atoms with Gasteiger partial charge >= 0.3 is 0 Å². The van der Waals surface area contributed by atoms with Gasteiger partial charge in [-0.05, 0) is 39.2 Å².